The average Bonchev–Trinajstić information content (AvgIpc) is 2.39. The molecule has 0 amide bonds. The van der Waals surface area contributed by atoms with Crippen LogP contribution < -0.4 is 5.32 Å². The summed E-state index contributed by atoms with van der Waals surface area (Å²) in [5.74, 6) is -0.386. The predicted octanol–water partition coefficient (Wildman–Crippen LogP) is 2.56. The van der Waals surface area contributed by atoms with Gasteiger partial charge in [0, 0.05) is 22.5 Å². The first kappa shape index (κ1) is 14.5. The lowest BCUT2D eigenvalue weighted by atomic mass is 10.1. The van der Waals surface area contributed by atoms with Gasteiger partial charge in [0.05, 0.1) is 7.11 Å². The number of carbonyl (C=O) groups is 1. The molecule has 1 atom stereocenters. The van der Waals surface area contributed by atoms with Gasteiger partial charge in [-0.25, -0.2) is 4.79 Å². The number of esters is 1. The summed E-state index contributed by atoms with van der Waals surface area (Å²) in [5, 5.41) is 6.39. The lowest BCUT2D eigenvalue weighted by molar-refractivity contribution is -0.143. The summed E-state index contributed by atoms with van der Waals surface area (Å²) in [7, 11) is 1.33. The second-order valence-corrected chi connectivity index (χ2v) is 4.24. The van der Waals surface area contributed by atoms with E-state index in [0.29, 0.717) is 6.54 Å². The van der Waals surface area contributed by atoms with Crippen molar-refractivity contribution in [2.75, 3.05) is 20.2 Å². The molecule has 7 heteroatoms. The van der Waals surface area contributed by atoms with Crippen LogP contribution in [0.15, 0.2) is 33.9 Å². The van der Waals surface area contributed by atoms with E-state index in [4.69, 9.17) is 10.3 Å². The molecule has 0 aliphatic carbocycles. The molecular formula is C11H13BrN4O2. The van der Waals surface area contributed by atoms with Gasteiger partial charge >= 0.3 is 5.97 Å². The molecule has 1 aromatic carbocycles. The molecule has 0 heterocycles. The number of methoxy groups -OCH3 is 1. The molecule has 0 saturated heterocycles. The topological polar surface area (TPSA) is 87.1 Å². The zero-order chi connectivity index (χ0) is 13.4. The van der Waals surface area contributed by atoms with E-state index in [1.165, 1.54) is 7.11 Å². The Kier molecular flexibility index (Phi) is 6.21. The Balaban J connectivity index is 2.82. The van der Waals surface area contributed by atoms with E-state index in [0.717, 1.165) is 10.0 Å². The number of benzene rings is 1. The number of ether oxygens (including phenoxy) is 1. The van der Waals surface area contributed by atoms with Crippen molar-refractivity contribution < 1.29 is 9.53 Å². The monoisotopic (exact) mass is 312 g/mol. The van der Waals surface area contributed by atoms with Crippen molar-refractivity contribution in [3.63, 3.8) is 0 Å². The maximum atomic E-state index is 11.7. The molecule has 1 aromatic rings. The van der Waals surface area contributed by atoms with Gasteiger partial charge in [-0.1, -0.05) is 39.2 Å². The molecule has 0 bridgehead atoms. The molecule has 18 heavy (non-hydrogen) atoms. The van der Waals surface area contributed by atoms with E-state index in [9.17, 15) is 4.79 Å². The van der Waals surface area contributed by atoms with Gasteiger partial charge in [-0.15, -0.1) is 0 Å². The SMILES string of the molecule is COC(=O)C(NCCN=[N+]=[N-])c1ccccc1Br. The van der Waals surface area contributed by atoms with Crippen LogP contribution in [-0.2, 0) is 9.53 Å². The Bertz CT molecular complexity index is 460. The molecule has 0 fully saturated rings. The van der Waals surface area contributed by atoms with Crippen LogP contribution in [-0.4, -0.2) is 26.2 Å². The summed E-state index contributed by atoms with van der Waals surface area (Å²) in [6.07, 6.45) is 0. The highest BCUT2D eigenvalue weighted by Crippen LogP contribution is 2.23. The minimum atomic E-state index is -0.584. The molecule has 0 aromatic heterocycles. The number of hydrogen-bond acceptors (Lipinski definition) is 4. The van der Waals surface area contributed by atoms with Crippen LogP contribution in [0.25, 0.3) is 10.4 Å². The number of rotatable bonds is 6. The van der Waals surface area contributed by atoms with Crippen molar-refractivity contribution in [1.29, 1.82) is 0 Å². The normalized spacial score (nSPS) is 11.4. The largest absolute Gasteiger partial charge is 0.468 e. The first-order valence-corrected chi connectivity index (χ1v) is 6.06. The Morgan fingerprint density at radius 1 is 1.61 bits per heavy atom. The molecule has 1 rings (SSSR count). The van der Waals surface area contributed by atoms with E-state index in [2.05, 4.69) is 31.3 Å². The van der Waals surface area contributed by atoms with Crippen LogP contribution in [0.2, 0.25) is 0 Å². The first-order chi connectivity index (χ1) is 8.70. The van der Waals surface area contributed by atoms with Crippen LogP contribution in [0.3, 0.4) is 0 Å². The third kappa shape index (κ3) is 4.03. The Hall–Kier alpha value is -1.56. The Morgan fingerprint density at radius 2 is 2.33 bits per heavy atom. The molecule has 0 radical (unpaired) electrons. The van der Waals surface area contributed by atoms with Crippen LogP contribution in [0, 0.1) is 0 Å². The zero-order valence-corrected chi connectivity index (χ0v) is 11.4. The molecule has 0 saturated carbocycles. The van der Waals surface area contributed by atoms with Gasteiger partial charge < -0.3 is 10.1 Å². The fourth-order valence-electron chi connectivity index (χ4n) is 1.45. The molecule has 1 unspecified atom stereocenters. The summed E-state index contributed by atoms with van der Waals surface area (Å²) in [4.78, 5) is 14.4. The quantitative estimate of drug-likeness (QED) is 0.288. The van der Waals surface area contributed by atoms with E-state index in [-0.39, 0.29) is 12.5 Å². The van der Waals surface area contributed by atoms with Crippen molar-refractivity contribution >= 4 is 21.9 Å². The lowest BCUT2D eigenvalue weighted by Gasteiger charge is -2.17. The highest BCUT2D eigenvalue weighted by molar-refractivity contribution is 9.10. The predicted molar refractivity (Wildman–Crippen MR) is 70.9 cm³/mol. The van der Waals surface area contributed by atoms with Gasteiger partial charge in [-0.2, -0.15) is 0 Å². The van der Waals surface area contributed by atoms with E-state index in [1.54, 1.807) is 0 Å². The third-order valence-electron chi connectivity index (χ3n) is 2.28. The number of hydrogen-bond donors (Lipinski definition) is 1. The standard InChI is InChI=1S/C11H13BrN4O2/c1-18-11(17)10(14-6-7-15-16-13)8-4-2-3-5-9(8)12/h2-5,10,14H,6-7H2,1H3. The molecule has 1 N–H and O–H groups in total. The third-order valence-corrected chi connectivity index (χ3v) is 3.00. The molecule has 0 aliphatic rings. The van der Waals surface area contributed by atoms with Gasteiger partial charge in [0.15, 0.2) is 0 Å². The van der Waals surface area contributed by atoms with Crippen LogP contribution >= 0.6 is 15.9 Å². The summed E-state index contributed by atoms with van der Waals surface area (Å²) >= 11 is 3.39. The van der Waals surface area contributed by atoms with Crippen LogP contribution in [0.5, 0.6) is 0 Å². The summed E-state index contributed by atoms with van der Waals surface area (Å²) < 4.78 is 5.57. The van der Waals surface area contributed by atoms with Crippen molar-refractivity contribution in [2.24, 2.45) is 5.11 Å². The van der Waals surface area contributed by atoms with Crippen LogP contribution in [0.1, 0.15) is 11.6 Å². The Morgan fingerprint density at radius 3 is 2.94 bits per heavy atom. The minimum absolute atomic E-state index is 0.272. The van der Waals surface area contributed by atoms with Crippen molar-refractivity contribution in [1.82, 2.24) is 5.32 Å². The van der Waals surface area contributed by atoms with Crippen molar-refractivity contribution in [2.45, 2.75) is 6.04 Å². The number of halogens is 1. The maximum absolute atomic E-state index is 11.7. The van der Waals surface area contributed by atoms with Gasteiger partial charge in [0.25, 0.3) is 0 Å². The fourth-order valence-corrected chi connectivity index (χ4v) is 1.96. The molecule has 0 aliphatic heterocycles. The lowest BCUT2D eigenvalue weighted by Crippen LogP contribution is -2.31. The first-order valence-electron chi connectivity index (χ1n) is 5.27. The van der Waals surface area contributed by atoms with Gasteiger partial charge in [-0.3, -0.25) is 0 Å². The number of azide groups is 1. The van der Waals surface area contributed by atoms with Gasteiger partial charge in [0.1, 0.15) is 6.04 Å². The second kappa shape index (κ2) is 7.71. The number of carbonyl (C=O) groups excluding carboxylic acids is 1. The molecule has 0 spiro atoms. The van der Waals surface area contributed by atoms with Crippen molar-refractivity contribution in [3.05, 3.63) is 44.7 Å². The van der Waals surface area contributed by atoms with E-state index >= 15 is 0 Å². The second-order valence-electron chi connectivity index (χ2n) is 3.39. The highest BCUT2D eigenvalue weighted by Gasteiger charge is 2.22. The highest BCUT2D eigenvalue weighted by atomic mass is 79.9. The van der Waals surface area contributed by atoms with E-state index in [1.807, 2.05) is 24.3 Å². The number of nitrogens with zero attached hydrogens (tertiary/aromatic N) is 3. The molecule has 6 nitrogen and oxygen atoms in total. The van der Waals surface area contributed by atoms with Crippen molar-refractivity contribution in [3.8, 4) is 0 Å². The average molecular weight is 313 g/mol. The molecule has 96 valence electrons. The minimum Gasteiger partial charge on any atom is -0.468 e. The summed E-state index contributed by atoms with van der Waals surface area (Å²) in [6, 6.07) is 6.79. The number of nitrogens with one attached hydrogen (secondary N) is 1. The summed E-state index contributed by atoms with van der Waals surface area (Å²) in [5.41, 5.74) is 8.96. The zero-order valence-electron chi connectivity index (χ0n) is 9.84. The Labute approximate surface area is 113 Å². The fraction of sp³-hybridized carbons (Fsp3) is 0.364. The van der Waals surface area contributed by atoms with Gasteiger partial charge in [-0.05, 0) is 17.2 Å². The van der Waals surface area contributed by atoms with Gasteiger partial charge in [0.2, 0.25) is 0 Å². The smallest absolute Gasteiger partial charge is 0.327 e. The summed E-state index contributed by atoms with van der Waals surface area (Å²) in [6.45, 7) is 0.666. The molecular weight excluding hydrogens is 300 g/mol. The maximum Gasteiger partial charge on any atom is 0.327 e. The van der Waals surface area contributed by atoms with Crippen LogP contribution in [0.4, 0.5) is 0 Å². The van der Waals surface area contributed by atoms with E-state index < -0.39 is 6.04 Å².